The minimum absolute atomic E-state index is 0.138. The van der Waals surface area contributed by atoms with E-state index in [4.69, 9.17) is 9.47 Å². The third-order valence-electron chi connectivity index (χ3n) is 5.78. The van der Waals surface area contributed by atoms with E-state index in [-0.39, 0.29) is 23.7 Å². The molecule has 3 rings (SSSR count). The summed E-state index contributed by atoms with van der Waals surface area (Å²) in [6.07, 6.45) is 8.63. The number of fused-ring (bicyclic) bond motifs is 1. The fourth-order valence-corrected chi connectivity index (χ4v) is 4.21. The number of carbonyl (C=O) groups is 1. The van der Waals surface area contributed by atoms with E-state index in [0.717, 1.165) is 56.9 Å². The lowest BCUT2D eigenvalue weighted by Gasteiger charge is -2.31. The maximum absolute atomic E-state index is 15.0. The summed E-state index contributed by atoms with van der Waals surface area (Å²) in [6.45, 7) is 5.01. The Hall–Kier alpha value is -1.42. The van der Waals surface area contributed by atoms with Gasteiger partial charge in [0.15, 0.2) is 11.6 Å². The first-order chi connectivity index (χ1) is 12.6. The highest BCUT2D eigenvalue weighted by Gasteiger charge is 2.33. The third-order valence-corrected chi connectivity index (χ3v) is 5.78. The SMILES string of the molecule is CCCCCC1Cc2ccc(C3CCC(CCC)CO3)c(F)c2OC1=O. The van der Waals surface area contributed by atoms with Crippen LogP contribution in [0.1, 0.15) is 82.4 Å². The molecule has 3 atom stereocenters. The second-order valence-corrected chi connectivity index (χ2v) is 7.83. The molecule has 0 radical (unpaired) electrons. The molecule has 1 fully saturated rings. The van der Waals surface area contributed by atoms with E-state index in [2.05, 4.69) is 13.8 Å². The normalized spacial score (nSPS) is 25.7. The monoisotopic (exact) mass is 362 g/mol. The van der Waals surface area contributed by atoms with Crippen molar-refractivity contribution in [2.24, 2.45) is 11.8 Å². The Morgan fingerprint density at radius 1 is 1.12 bits per heavy atom. The minimum Gasteiger partial charge on any atom is -0.423 e. The van der Waals surface area contributed by atoms with Crippen LogP contribution in [-0.2, 0) is 16.0 Å². The highest BCUT2D eigenvalue weighted by atomic mass is 19.1. The Morgan fingerprint density at radius 2 is 1.96 bits per heavy atom. The lowest BCUT2D eigenvalue weighted by Crippen LogP contribution is -2.29. The van der Waals surface area contributed by atoms with Gasteiger partial charge in [0.1, 0.15) is 0 Å². The van der Waals surface area contributed by atoms with Crippen LogP contribution in [0.3, 0.4) is 0 Å². The molecule has 0 amide bonds. The lowest BCUT2D eigenvalue weighted by atomic mass is 9.88. The molecule has 0 aromatic heterocycles. The van der Waals surface area contributed by atoms with E-state index in [1.165, 1.54) is 0 Å². The topological polar surface area (TPSA) is 35.5 Å². The van der Waals surface area contributed by atoms with Crippen LogP contribution in [0.2, 0.25) is 0 Å². The van der Waals surface area contributed by atoms with Crippen LogP contribution in [0.15, 0.2) is 12.1 Å². The predicted molar refractivity (Wildman–Crippen MR) is 99.7 cm³/mol. The fourth-order valence-electron chi connectivity index (χ4n) is 4.21. The Balaban J connectivity index is 1.69. The van der Waals surface area contributed by atoms with Gasteiger partial charge in [-0.3, -0.25) is 4.79 Å². The number of hydrogen-bond donors (Lipinski definition) is 0. The molecule has 1 aromatic carbocycles. The standard InChI is InChI=1S/C22H31FO3/c1-3-5-6-8-17-13-16-10-11-18(20(23)21(16)26-22(17)24)19-12-9-15(7-4-2)14-25-19/h10-11,15,17,19H,3-9,12-14H2,1-2H3. The van der Waals surface area contributed by atoms with Gasteiger partial charge in [-0.05, 0) is 43.6 Å². The fraction of sp³-hybridized carbons (Fsp3) is 0.682. The van der Waals surface area contributed by atoms with E-state index in [1.807, 2.05) is 12.1 Å². The second kappa shape index (κ2) is 8.98. The van der Waals surface area contributed by atoms with Crippen molar-refractivity contribution in [3.05, 3.63) is 29.1 Å². The molecule has 0 saturated carbocycles. The third kappa shape index (κ3) is 4.28. The molecule has 0 bridgehead atoms. The van der Waals surface area contributed by atoms with E-state index < -0.39 is 5.82 Å². The summed E-state index contributed by atoms with van der Waals surface area (Å²) in [4.78, 5) is 12.3. The molecule has 3 nitrogen and oxygen atoms in total. The first-order valence-corrected chi connectivity index (χ1v) is 10.3. The van der Waals surface area contributed by atoms with Gasteiger partial charge in [-0.1, -0.05) is 51.7 Å². The summed E-state index contributed by atoms with van der Waals surface area (Å²) in [7, 11) is 0. The van der Waals surface area contributed by atoms with Crippen molar-refractivity contribution in [1.82, 2.24) is 0 Å². The first kappa shape index (κ1) is 19.3. The molecule has 1 aromatic rings. The van der Waals surface area contributed by atoms with Gasteiger partial charge in [0.25, 0.3) is 0 Å². The van der Waals surface area contributed by atoms with Crippen molar-refractivity contribution < 1.29 is 18.7 Å². The van der Waals surface area contributed by atoms with Gasteiger partial charge in [-0.2, -0.15) is 0 Å². The summed E-state index contributed by atoms with van der Waals surface area (Å²) in [5.41, 5.74) is 1.35. The van der Waals surface area contributed by atoms with Crippen LogP contribution in [0.5, 0.6) is 5.75 Å². The van der Waals surface area contributed by atoms with Crippen molar-refractivity contribution in [3.63, 3.8) is 0 Å². The predicted octanol–water partition coefficient (Wildman–Crippen LogP) is 5.75. The summed E-state index contributed by atoms with van der Waals surface area (Å²) in [6, 6.07) is 3.76. The minimum atomic E-state index is -0.401. The van der Waals surface area contributed by atoms with Crippen molar-refractivity contribution in [2.75, 3.05) is 6.61 Å². The zero-order valence-corrected chi connectivity index (χ0v) is 16.1. The summed E-state index contributed by atoms with van der Waals surface area (Å²) >= 11 is 0. The molecule has 0 N–H and O–H groups in total. The maximum Gasteiger partial charge on any atom is 0.314 e. The van der Waals surface area contributed by atoms with Gasteiger partial charge in [-0.15, -0.1) is 0 Å². The molecule has 26 heavy (non-hydrogen) atoms. The van der Waals surface area contributed by atoms with Gasteiger partial charge < -0.3 is 9.47 Å². The molecular formula is C22H31FO3. The van der Waals surface area contributed by atoms with E-state index in [9.17, 15) is 4.79 Å². The number of esters is 1. The van der Waals surface area contributed by atoms with Gasteiger partial charge in [0.05, 0.1) is 18.6 Å². The van der Waals surface area contributed by atoms with Crippen LogP contribution in [0.4, 0.5) is 4.39 Å². The second-order valence-electron chi connectivity index (χ2n) is 7.83. The number of carbonyl (C=O) groups excluding carboxylic acids is 1. The molecule has 1 saturated heterocycles. The van der Waals surface area contributed by atoms with Crippen LogP contribution < -0.4 is 4.74 Å². The zero-order valence-electron chi connectivity index (χ0n) is 16.1. The first-order valence-electron chi connectivity index (χ1n) is 10.3. The van der Waals surface area contributed by atoms with Crippen LogP contribution in [0, 0.1) is 17.7 Å². The van der Waals surface area contributed by atoms with E-state index >= 15 is 4.39 Å². The Labute approximate surface area is 156 Å². The van der Waals surface area contributed by atoms with Gasteiger partial charge in [-0.25, -0.2) is 4.39 Å². The highest BCUT2D eigenvalue weighted by Crippen LogP contribution is 2.40. The molecular weight excluding hydrogens is 331 g/mol. The van der Waals surface area contributed by atoms with Gasteiger partial charge in [0, 0.05) is 5.56 Å². The van der Waals surface area contributed by atoms with E-state index in [0.29, 0.717) is 24.5 Å². The quantitative estimate of drug-likeness (QED) is 0.352. The largest absolute Gasteiger partial charge is 0.423 e. The molecule has 2 heterocycles. The molecule has 2 aliphatic rings. The number of hydrogen-bond acceptors (Lipinski definition) is 3. The summed E-state index contributed by atoms with van der Waals surface area (Å²) < 4.78 is 26.4. The van der Waals surface area contributed by atoms with Gasteiger partial charge in [0.2, 0.25) is 0 Å². The average Bonchev–Trinajstić information content (AvgIpc) is 2.64. The van der Waals surface area contributed by atoms with Crippen LogP contribution in [-0.4, -0.2) is 12.6 Å². The van der Waals surface area contributed by atoms with Gasteiger partial charge >= 0.3 is 5.97 Å². The number of rotatable bonds is 7. The molecule has 3 unspecified atom stereocenters. The number of benzene rings is 1. The lowest BCUT2D eigenvalue weighted by molar-refractivity contribution is -0.140. The molecule has 2 aliphatic heterocycles. The Bertz CT molecular complexity index is 620. The smallest absolute Gasteiger partial charge is 0.314 e. The van der Waals surface area contributed by atoms with Crippen LogP contribution in [0.25, 0.3) is 0 Å². The van der Waals surface area contributed by atoms with Crippen molar-refractivity contribution in [2.45, 2.75) is 77.7 Å². The average molecular weight is 362 g/mol. The highest BCUT2D eigenvalue weighted by molar-refractivity contribution is 5.78. The molecule has 0 spiro atoms. The van der Waals surface area contributed by atoms with Crippen LogP contribution >= 0.6 is 0 Å². The van der Waals surface area contributed by atoms with Crippen molar-refractivity contribution >= 4 is 5.97 Å². The van der Waals surface area contributed by atoms with E-state index in [1.54, 1.807) is 0 Å². The molecule has 4 heteroatoms. The van der Waals surface area contributed by atoms with Crippen molar-refractivity contribution in [1.29, 1.82) is 0 Å². The number of ether oxygens (including phenoxy) is 2. The van der Waals surface area contributed by atoms with Crippen molar-refractivity contribution in [3.8, 4) is 5.75 Å². The Morgan fingerprint density at radius 3 is 2.65 bits per heavy atom. The molecule has 144 valence electrons. The molecule has 0 aliphatic carbocycles. The number of halogens is 1. The summed E-state index contributed by atoms with van der Waals surface area (Å²) in [5.74, 6) is -0.101. The number of unbranched alkanes of at least 4 members (excludes halogenated alkanes) is 2. The zero-order chi connectivity index (χ0) is 18.5. The maximum atomic E-state index is 15.0. The Kier molecular flexibility index (Phi) is 6.68. The summed E-state index contributed by atoms with van der Waals surface area (Å²) in [5, 5.41) is 0.